The van der Waals surface area contributed by atoms with Crippen LogP contribution in [0.4, 0.5) is 4.39 Å². The van der Waals surface area contributed by atoms with Gasteiger partial charge in [-0.25, -0.2) is 4.39 Å². The molecule has 3 N–H and O–H groups in total. The quantitative estimate of drug-likeness (QED) is 0.659. The summed E-state index contributed by atoms with van der Waals surface area (Å²) in [5.74, 6) is 5.17. The van der Waals surface area contributed by atoms with Crippen LogP contribution in [0.5, 0.6) is 0 Å². The number of rotatable bonds is 5. The molecule has 1 atom stereocenters. The van der Waals surface area contributed by atoms with Gasteiger partial charge in [-0.05, 0) is 32.0 Å². The van der Waals surface area contributed by atoms with Crippen LogP contribution in [-0.4, -0.2) is 9.78 Å². The molecule has 6 heteroatoms. The molecule has 2 rings (SSSR count). The first-order chi connectivity index (χ1) is 9.51. The molecule has 0 radical (unpaired) electrons. The van der Waals surface area contributed by atoms with E-state index in [1.165, 1.54) is 6.07 Å². The van der Waals surface area contributed by atoms with E-state index in [9.17, 15) is 4.39 Å². The Hall–Kier alpha value is -1.43. The highest BCUT2D eigenvalue weighted by atomic mass is 35.5. The third-order valence-electron chi connectivity index (χ3n) is 3.15. The van der Waals surface area contributed by atoms with Crippen molar-refractivity contribution in [2.24, 2.45) is 5.84 Å². The van der Waals surface area contributed by atoms with Crippen molar-refractivity contribution in [2.75, 3.05) is 0 Å². The lowest BCUT2D eigenvalue weighted by atomic mass is 10.0. The Labute approximate surface area is 122 Å². The number of nitrogens with two attached hydrogens (primary N) is 1. The van der Waals surface area contributed by atoms with Gasteiger partial charge >= 0.3 is 0 Å². The fourth-order valence-corrected chi connectivity index (χ4v) is 2.18. The van der Waals surface area contributed by atoms with Gasteiger partial charge in [0.1, 0.15) is 5.82 Å². The van der Waals surface area contributed by atoms with Crippen molar-refractivity contribution < 1.29 is 4.39 Å². The smallest absolute Gasteiger partial charge is 0.129 e. The van der Waals surface area contributed by atoms with Gasteiger partial charge in [-0.1, -0.05) is 17.7 Å². The lowest BCUT2D eigenvalue weighted by molar-refractivity contribution is 0.490. The summed E-state index contributed by atoms with van der Waals surface area (Å²) in [6, 6.07) is 6.44. The van der Waals surface area contributed by atoms with E-state index < -0.39 is 0 Å². The van der Waals surface area contributed by atoms with Crippen LogP contribution in [-0.2, 0) is 6.42 Å². The molecule has 0 bridgehead atoms. The molecule has 20 heavy (non-hydrogen) atoms. The Morgan fingerprint density at radius 3 is 2.70 bits per heavy atom. The second kappa shape index (κ2) is 6.35. The molecule has 0 fully saturated rings. The standard InChI is InChI=1S/C14H18ClFN4/c1-9(2)20-6-5-11(19-20)8-14(18-17)12-4-3-10(15)7-13(12)16/h3-7,9,14,18H,8,17H2,1-2H3. The highest BCUT2D eigenvalue weighted by Crippen LogP contribution is 2.23. The van der Waals surface area contributed by atoms with Gasteiger partial charge in [-0.15, -0.1) is 0 Å². The van der Waals surface area contributed by atoms with Crippen molar-refractivity contribution in [2.45, 2.75) is 32.4 Å². The molecular weight excluding hydrogens is 279 g/mol. The third kappa shape index (κ3) is 3.36. The van der Waals surface area contributed by atoms with Crippen LogP contribution in [0.1, 0.15) is 37.2 Å². The van der Waals surface area contributed by atoms with Crippen LogP contribution in [0.2, 0.25) is 5.02 Å². The molecule has 1 aromatic heterocycles. The monoisotopic (exact) mass is 296 g/mol. The molecular formula is C14H18ClFN4. The number of hydrogen-bond donors (Lipinski definition) is 2. The van der Waals surface area contributed by atoms with Gasteiger partial charge < -0.3 is 0 Å². The number of benzene rings is 1. The zero-order valence-electron chi connectivity index (χ0n) is 11.5. The van der Waals surface area contributed by atoms with Crippen molar-refractivity contribution >= 4 is 11.6 Å². The summed E-state index contributed by atoms with van der Waals surface area (Å²) in [5.41, 5.74) is 3.97. The first-order valence-corrected chi connectivity index (χ1v) is 6.84. The van der Waals surface area contributed by atoms with Crippen molar-refractivity contribution in [3.05, 3.63) is 52.6 Å². The second-order valence-electron chi connectivity index (χ2n) is 4.97. The van der Waals surface area contributed by atoms with Crippen molar-refractivity contribution in [1.29, 1.82) is 0 Å². The molecule has 0 saturated heterocycles. The minimum Gasteiger partial charge on any atom is -0.271 e. The summed E-state index contributed by atoms with van der Waals surface area (Å²) >= 11 is 5.76. The Kier molecular flexibility index (Phi) is 4.75. The maximum absolute atomic E-state index is 13.9. The Morgan fingerprint density at radius 2 is 2.15 bits per heavy atom. The van der Waals surface area contributed by atoms with Crippen LogP contribution >= 0.6 is 11.6 Å². The summed E-state index contributed by atoms with van der Waals surface area (Å²) in [5, 5.41) is 4.81. The lowest BCUT2D eigenvalue weighted by Gasteiger charge is -2.16. The summed E-state index contributed by atoms with van der Waals surface area (Å²) in [6.07, 6.45) is 2.42. The van der Waals surface area contributed by atoms with Gasteiger partial charge in [0.15, 0.2) is 0 Å². The van der Waals surface area contributed by atoms with Crippen LogP contribution in [0.3, 0.4) is 0 Å². The largest absolute Gasteiger partial charge is 0.271 e. The molecule has 0 spiro atoms. The number of hydrogen-bond acceptors (Lipinski definition) is 3. The van der Waals surface area contributed by atoms with Gasteiger partial charge in [0.2, 0.25) is 0 Å². The highest BCUT2D eigenvalue weighted by Gasteiger charge is 2.17. The van der Waals surface area contributed by atoms with Crippen LogP contribution in [0.25, 0.3) is 0 Å². The van der Waals surface area contributed by atoms with E-state index in [2.05, 4.69) is 10.5 Å². The van der Waals surface area contributed by atoms with E-state index in [4.69, 9.17) is 17.4 Å². The lowest BCUT2D eigenvalue weighted by Crippen LogP contribution is -2.30. The number of aromatic nitrogens is 2. The molecule has 1 aromatic carbocycles. The Balaban J connectivity index is 2.19. The van der Waals surface area contributed by atoms with E-state index in [1.807, 2.05) is 30.8 Å². The number of nitrogens with one attached hydrogen (secondary N) is 1. The van der Waals surface area contributed by atoms with E-state index in [0.29, 0.717) is 23.0 Å². The minimum absolute atomic E-state index is 0.292. The normalized spacial score (nSPS) is 12.9. The van der Waals surface area contributed by atoms with Crippen LogP contribution < -0.4 is 11.3 Å². The predicted molar refractivity (Wildman–Crippen MR) is 77.8 cm³/mol. The molecule has 2 aromatic rings. The van der Waals surface area contributed by atoms with E-state index in [-0.39, 0.29) is 11.9 Å². The summed E-state index contributed by atoms with van der Waals surface area (Å²) in [6.45, 7) is 4.10. The molecule has 0 amide bonds. The van der Waals surface area contributed by atoms with E-state index in [0.717, 1.165) is 5.69 Å². The first-order valence-electron chi connectivity index (χ1n) is 6.46. The third-order valence-corrected chi connectivity index (χ3v) is 3.38. The average molecular weight is 297 g/mol. The van der Waals surface area contributed by atoms with Crippen LogP contribution in [0.15, 0.2) is 30.5 Å². The average Bonchev–Trinajstić information content (AvgIpc) is 2.85. The van der Waals surface area contributed by atoms with Gasteiger partial charge in [-0.3, -0.25) is 16.0 Å². The molecule has 0 aliphatic rings. The molecule has 0 saturated carbocycles. The predicted octanol–water partition coefficient (Wildman–Crippen LogP) is 3.00. The van der Waals surface area contributed by atoms with Gasteiger partial charge in [0.25, 0.3) is 0 Å². The molecule has 4 nitrogen and oxygen atoms in total. The van der Waals surface area contributed by atoms with Crippen molar-refractivity contribution in [1.82, 2.24) is 15.2 Å². The van der Waals surface area contributed by atoms with Crippen molar-refractivity contribution in [3.8, 4) is 0 Å². The van der Waals surface area contributed by atoms with Gasteiger partial charge in [0.05, 0.1) is 11.7 Å². The highest BCUT2D eigenvalue weighted by molar-refractivity contribution is 6.30. The SMILES string of the molecule is CC(C)n1ccc(CC(NN)c2ccc(Cl)cc2F)n1. The van der Waals surface area contributed by atoms with Gasteiger partial charge in [0, 0.05) is 29.2 Å². The summed E-state index contributed by atoms with van der Waals surface area (Å²) in [7, 11) is 0. The summed E-state index contributed by atoms with van der Waals surface area (Å²) in [4.78, 5) is 0. The maximum atomic E-state index is 13.9. The van der Waals surface area contributed by atoms with E-state index >= 15 is 0 Å². The molecule has 108 valence electrons. The number of nitrogens with zero attached hydrogens (tertiary/aromatic N) is 2. The number of halogens is 2. The molecule has 1 heterocycles. The van der Waals surface area contributed by atoms with Crippen LogP contribution in [0, 0.1) is 5.82 Å². The minimum atomic E-state index is -0.372. The molecule has 0 aliphatic heterocycles. The van der Waals surface area contributed by atoms with E-state index in [1.54, 1.807) is 12.1 Å². The summed E-state index contributed by atoms with van der Waals surface area (Å²) < 4.78 is 15.8. The number of hydrazine groups is 1. The second-order valence-corrected chi connectivity index (χ2v) is 5.41. The zero-order chi connectivity index (χ0) is 14.7. The van der Waals surface area contributed by atoms with Crippen molar-refractivity contribution in [3.63, 3.8) is 0 Å². The van der Waals surface area contributed by atoms with Gasteiger partial charge in [-0.2, -0.15) is 5.10 Å². The zero-order valence-corrected chi connectivity index (χ0v) is 12.2. The Morgan fingerprint density at radius 1 is 1.40 bits per heavy atom. The fraction of sp³-hybridized carbons (Fsp3) is 0.357. The maximum Gasteiger partial charge on any atom is 0.129 e. The topological polar surface area (TPSA) is 55.9 Å². The first kappa shape index (κ1) is 15.0. The fourth-order valence-electron chi connectivity index (χ4n) is 2.03. The molecule has 1 unspecified atom stereocenters. The molecule has 0 aliphatic carbocycles. The Bertz CT molecular complexity index is 582.